The van der Waals surface area contributed by atoms with E-state index in [4.69, 9.17) is 5.11 Å². The van der Waals surface area contributed by atoms with Crippen molar-refractivity contribution >= 4 is 11.9 Å². The zero-order valence-electron chi connectivity index (χ0n) is 11.6. The molecule has 0 aliphatic rings. The summed E-state index contributed by atoms with van der Waals surface area (Å²) in [5.74, 6) is -2.14. The molecular weight excluding hydrogens is 287 g/mol. The van der Waals surface area contributed by atoms with Gasteiger partial charge in [-0.1, -0.05) is 25.1 Å². The molecule has 1 aromatic carbocycles. The minimum absolute atomic E-state index is 0.0844. The highest BCUT2D eigenvalue weighted by Gasteiger charge is 2.30. The minimum Gasteiger partial charge on any atom is -0.480 e. The van der Waals surface area contributed by atoms with Crippen LogP contribution in [0.15, 0.2) is 24.3 Å². The van der Waals surface area contributed by atoms with E-state index < -0.39 is 35.6 Å². The van der Waals surface area contributed by atoms with Gasteiger partial charge in [0.1, 0.15) is 6.04 Å². The van der Waals surface area contributed by atoms with Gasteiger partial charge < -0.3 is 10.4 Å². The fourth-order valence-electron chi connectivity index (χ4n) is 1.78. The van der Waals surface area contributed by atoms with Crippen LogP contribution in [0, 0.1) is 0 Å². The van der Waals surface area contributed by atoms with E-state index in [1.807, 2.05) is 0 Å². The Bertz CT molecular complexity index is 528. The predicted molar refractivity (Wildman–Crippen MR) is 69.7 cm³/mol. The molecular formula is C14H16F3NO3. The van der Waals surface area contributed by atoms with E-state index in [1.165, 1.54) is 19.1 Å². The Kier molecular flexibility index (Phi) is 5.34. The first kappa shape index (κ1) is 17.0. The first-order valence-electron chi connectivity index (χ1n) is 6.30. The van der Waals surface area contributed by atoms with E-state index in [0.717, 1.165) is 12.1 Å². The number of nitrogens with one attached hydrogen (secondary N) is 1. The van der Waals surface area contributed by atoms with Gasteiger partial charge in [0.2, 0.25) is 5.91 Å². The highest BCUT2D eigenvalue weighted by Crippen LogP contribution is 2.31. The Morgan fingerprint density at radius 2 is 1.90 bits per heavy atom. The highest BCUT2D eigenvalue weighted by molar-refractivity contribution is 5.83. The lowest BCUT2D eigenvalue weighted by Gasteiger charge is -2.15. The first-order valence-corrected chi connectivity index (χ1v) is 6.30. The molecule has 1 rings (SSSR count). The molecule has 0 spiro atoms. The van der Waals surface area contributed by atoms with E-state index in [2.05, 4.69) is 5.32 Å². The molecule has 21 heavy (non-hydrogen) atoms. The number of hydrogen-bond donors (Lipinski definition) is 2. The van der Waals surface area contributed by atoms with Crippen molar-refractivity contribution in [3.8, 4) is 0 Å². The van der Waals surface area contributed by atoms with Gasteiger partial charge in [-0.25, -0.2) is 0 Å². The van der Waals surface area contributed by atoms with Gasteiger partial charge in [0, 0.05) is 6.42 Å². The SMILES string of the molecule is CC(CC(=O)N[C@@H](C)C(=O)O)c1cccc(C(F)(F)F)c1. The van der Waals surface area contributed by atoms with Gasteiger partial charge in [-0.05, 0) is 24.5 Å². The number of halogens is 3. The van der Waals surface area contributed by atoms with Gasteiger partial charge in [0.15, 0.2) is 0 Å². The van der Waals surface area contributed by atoms with Gasteiger partial charge in [0.25, 0.3) is 0 Å². The molecule has 0 bridgehead atoms. The number of carbonyl (C=O) groups is 2. The smallest absolute Gasteiger partial charge is 0.416 e. The number of benzene rings is 1. The van der Waals surface area contributed by atoms with Crippen molar-refractivity contribution in [2.75, 3.05) is 0 Å². The summed E-state index contributed by atoms with van der Waals surface area (Å²) in [5.41, 5.74) is -0.394. The van der Waals surface area contributed by atoms with Crippen molar-refractivity contribution in [3.05, 3.63) is 35.4 Å². The summed E-state index contributed by atoms with van der Waals surface area (Å²) in [6, 6.07) is 3.72. The van der Waals surface area contributed by atoms with Crippen molar-refractivity contribution in [1.82, 2.24) is 5.32 Å². The number of aliphatic carboxylic acids is 1. The molecule has 7 heteroatoms. The molecule has 0 aromatic heterocycles. The van der Waals surface area contributed by atoms with Crippen molar-refractivity contribution in [2.24, 2.45) is 0 Å². The molecule has 1 amide bonds. The van der Waals surface area contributed by atoms with E-state index in [1.54, 1.807) is 6.92 Å². The lowest BCUT2D eigenvalue weighted by Crippen LogP contribution is -2.38. The van der Waals surface area contributed by atoms with Crippen molar-refractivity contribution in [3.63, 3.8) is 0 Å². The molecule has 1 unspecified atom stereocenters. The van der Waals surface area contributed by atoms with Crippen LogP contribution in [0.2, 0.25) is 0 Å². The van der Waals surface area contributed by atoms with Crippen LogP contribution in [-0.4, -0.2) is 23.0 Å². The number of hydrogen-bond acceptors (Lipinski definition) is 2. The Morgan fingerprint density at radius 3 is 2.43 bits per heavy atom. The molecule has 0 aliphatic heterocycles. The molecule has 0 saturated carbocycles. The summed E-state index contributed by atoms with van der Waals surface area (Å²) in [6.07, 6.45) is -4.52. The van der Waals surface area contributed by atoms with Crippen LogP contribution in [0.4, 0.5) is 13.2 Å². The van der Waals surface area contributed by atoms with E-state index in [0.29, 0.717) is 5.56 Å². The standard InChI is InChI=1S/C14H16F3NO3/c1-8(6-12(19)18-9(2)13(20)21)10-4-3-5-11(7-10)14(15,16)17/h3-5,7-9H,6H2,1-2H3,(H,18,19)(H,20,21)/t8?,9-/m0/s1. The summed E-state index contributed by atoms with van der Waals surface area (Å²) in [7, 11) is 0. The molecule has 2 atom stereocenters. The van der Waals surface area contributed by atoms with Crippen LogP contribution in [0.25, 0.3) is 0 Å². The lowest BCUT2D eigenvalue weighted by atomic mass is 9.95. The molecule has 0 radical (unpaired) electrons. The van der Waals surface area contributed by atoms with Crippen molar-refractivity contribution in [2.45, 2.75) is 38.4 Å². The number of carboxylic acids is 1. The Labute approximate surface area is 120 Å². The number of carbonyl (C=O) groups excluding carboxylic acids is 1. The summed E-state index contributed by atoms with van der Waals surface area (Å²) < 4.78 is 37.8. The first-order chi connectivity index (χ1) is 9.61. The maximum atomic E-state index is 12.6. The number of amides is 1. The zero-order chi connectivity index (χ0) is 16.2. The second-order valence-corrected chi connectivity index (χ2v) is 4.86. The van der Waals surface area contributed by atoms with Crippen molar-refractivity contribution in [1.29, 1.82) is 0 Å². The van der Waals surface area contributed by atoms with Crippen LogP contribution in [-0.2, 0) is 15.8 Å². The van der Waals surface area contributed by atoms with Crippen LogP contribution >= 0.6 is 0 Å². The fraction of sp³-hybridized carbons (Fsp3) is 0.429. The maximum Gasteiger partial charge on any atom is 0.416 e. The van der Waals surface area contributed by atoms with E-state index in [9.17, 15) is 22.8 Å². The largest absolute Gasteiger partial charge is 0.480 e. The molecule has 1 aromatic rings. The normalized spacial score (nSPS) is 14.3. The molecule has 4 nitrogen and oxygen atoms in total. The molecule has 0 aliphatic carbocycles. The molecule has 0 heterocycles. The Morgan fingerprint density at radius 1 is 1.29 bits per heavy atom. The number of alkyl halides is 3. The number of carboxylic acid groups (broad SMARTS) is 1. The molecule has 116 valence electrons. The van der Waals surface area contributed by atoms with Gasteiger partial charge in [-0.3, -0.25) is 9.59 Å². The molecule has 0 saturated heterocycles. The van der Waals surface area contributed by atoms with Crippen LogP contribution in [0.5, 0.6) is 0 Å². The second kappa shape index (κ2) is 6.60. The third kappa shape index (κ3) is 5.09. The average molecular weight is 303 g/mol. The van der Waals surface area contributed by atoms with Gasteiger partial charge >= 0.3 is 12.1 Å². The number of rotatable bonds is 5. The van der Waals surface area contributed by atoms with E-state index >= 15 is 0 Å². The van der Waals surface area contributed by atoms with Crippen LogP contribution < -0.4 is 5.32 Å². The average Bonchev–Trinajstić information content (AvgIpc) is 2.37. The van der Waals surface area contributed by atoms with Gasteiger partial charge in [-0.2, -0.15) is 13.2 Å². The summed E-state index contributed by atoms with van der Waals surface area (Å²) in [5, 5.41) is 10.9. The summed E-state index contributed by atoms with van der Waals surface area (Å²) in [6.45, 7) is 2.93. The quantitative estimate of drug-likeness (QED) is 0.879. The third-order valence-electron chi connectivity index (χ3n) is 3.02. The van der Waals surface area contributed by atoms with Gasteiger partial charge in [-0.15, -0.1) is 0 Å². The predicted octanol–water partition coefficient (Wildman–Crippen LogP) is 2.79. The Hall–Kier alpha value is -2.05. The van der Waals surface area contributed by atoms with Crippen molar-refractivity contribution < 1.29 is 27.9 Å². The summed E-state index contributed by atoms with van der Waals surface area (Å²) >= 11 is 0. The fourth-order valence-corrected chi connectivity index (χ4v) is 1.78. The minimum atomic E-state index is -4.43. The monoisotopic (exact) mass is 303 g/mol. The second-order valence-electron chi connectivity index (χ2n) is 4.86. The summed E-state index contributed by atoms with van der Waals surface area (Å²) in [4.78, 5) is 22.2. The Balaban J connectivity index is 2.74. The lowest BCUT2D eigenvalue weighted by molar-refractivity contribution is -0.141. The highest BCUT2D eigenvalue weighted by atomic mass is 19.4. The van der Waals surface area contributed by atoms with Crippen LogP contribution in [0.1, 0.15) is 37.3 Å². The molecule has 2 N–H and O–H groups in total. The van der Waals surface area contributed by atoms with Gasteiger partial charge in [0.05, 0.1) is 5.56 Å². The van der Waals surface area contributed by atoms with Crippen LogP contribution in [0.3, 0.4) is 0 Å². The topological polar surface area (TPSA) is 66.4 Å². The van der Waals surface area contributed by atoms with E-state index in [-0.39, 0.29) is 6.42 Å². The third-order valence-corrected chi connectivity index (χ3v) is 3.02. The maximum absolute atomic E-state index is 12.6. The zero-order valence-corrected chi connectivity index (χ0v) is 11.6. The molecule has 0 fully saturated rings.